The number of aliphatic hydroxyl groups excluding tert-OH is 1. The SMILES string of the molecule is COc1cccn(-c2ccc(CN3C(=O)[C@]4(O[C@H](CCO)[C@@H]([Si](C)(C)F)[C@@H]4C)c4cc(-n5cccc(OC)c5=O)ccc43)cc2)c1=O. The highest BCUT2D eigenvalue weighted by molar-refractivity contribution is 6.72. The van der Waals surface area contributed by atoms with Gasteiger partial charge in [0.1, 0.15) is 0 Å². The lowest BCUT2D eigenvalue weighted by Gasteiger charge is -2.31. The quantitative estimate of drug-likeness (QED) is 0.205. The zero-order valence-corrected chi connectivity index (χ0v) is 28.0. The smallest absolute Gasteiger partial charge is 0.297 e. The van der Waals surface area contributed by atoms with Gasteiger partial charge in [-0.2, -0.15) is 0 Å². The molecule has 12 heteroatoms. The van der Waals surface area contributed by atoms with E-state index in [0.717, 1.165) is 5.56 Å². The third-order valence-electron chi connectivity index (χ3n) is 9.46. The Balaban J connectivity index is 1.45. The summed E-state index contributed by atoms with van der Waals surface area (Å²) < 4.78 is 36.0. The van der Waals surface area contributed by atoms with E-state index in [1.165, 1.54) is 23.4 Å². The molecule has 1 amide bonds. The zero-order chi connectivity index (χ0) is 33.7. The molecule has 4 aromatic rings. The molecule has 246 valence electrons. The number of aromatic nitrogens is 2. The topological polar surface area (TPSA) is 112 Å². The number of aliphatic hydroxyl groups is 1. The van der Waals surface area contributed by atoms with Gasteiger partial charge in [-0.15, -0.1) is 0 Å². The number of nitrogens with zero attached hydrogens (tertiary/aromatic N) is 3. The van der Waals surface area contributed by atoms with Crippen molar-refractivity contribution in [2.45, 2.75) is 50.2 Å². The van der Waals surface area contributed by atoms with Crippen LogP contribution >= 0.6 is 0 Å². The number of pyridine rings is 2. The average Bonchev–Trinajstić information content (AvgIpc) is 3.48. The van der Waals surface area contributed by atoms with E-state index in [1.807, 2.05) is 19.1 Å². The molecule has 4 atom stereocenters. The first kappa shape index (κ1) is 32.4. The number of ether oxygens (including phenoxy) is 3. The lowest BCUT2D eigenvalue weighted by molar-refractivity contribution is -0.146. The van der Waals surface area contributed by atoms with Gasteiger partial charge in [0.2, 0.25) is 8.41 Å². The molecule has 2 aromatic heterocycles. The van der Waals surface area contributed by atoms with E-state index >= 15 is 4.11 Å². The molecule has 0 unspecified atom stereocenters. The molecule has 4 heterocycles. The number of rotatable bonds is 9. The summed E-state index contributed by atoms with van der Waals surface area (Å²) in [5.74, 6) is -0.493. The molecule has 6 rings (SSSR count). The molecular formula is C35H38FN3O7Si. The van der Waals surface area contributed by atoms with Crippen LogP contribution in [-0.2, 0) is 21.7 Å². The van der Waals surface area contributed by atoms with Crippen LogP contribution < -0.4 is 25.5 Å². The fourth-order valence-electron chi connectivity index (χ4n) is 7.35. The number of amides is 1. The summed E-state index contributed by atoms with van der Waals surface area (Å²) in [5, 5.41) is 9.90. The molecule has 2 aliphatic rings. The minimum atomic E-state index is -3.39. The Morgan fingerprint density at radius 1 is 0.894 bits per heavy atom. The van der Waals surface area contributed by atoms with E-state index in [2.05, 4.69) is 0 Å². The second kappa shape index (κ2) is 12.3. The highest BCUT2D eigenvalue weighted by Gasteiger charge is 2.66. The summed E-state index contributed by atoms with van der Waals surface area (Å²) in [6.45, 7) is 5.05. The van der Waals surface area contributed by atoms with E-state index in [1.54, 1.807) is 85.0 Å². The first-order valence-electron chi connectivity index (χ1n) is 15.5. The van der Waals surface area contributed by atoms with Crippen LogP contribution in [-0.4, -0.2) is 55.5 Å². The molecule has 0 aliphatic carbocycles. The molecule has 1 spiro atoms. The number of carbonyl (C=O) groups excluding carboxylic acids is 1. The van der Waals surface area contributed by atoms with Crippen LogP contribution in [0.3, 0.4) is 0 Å². The summed E-state index contributed by atoms with van der Waals surface area (Å²) in [5.41, 5.74) is 0.327. The Kier molecular flexibility index (Phi) is 8.45. The number of hydrogen-bond acceptors (Lipinski definition) is 7. The fraction of sp³-hybridized carbons (Fsp3) is 0.343. The lowest BCUT2D eigenvalue weighted by Crippen LogP contribution is -2.45. The Bertz CT molecular complexity index is 1940. The molecule has 2 aromatic carbocycles. The van der Waals surface area contributed by atoms with Crippen molar-refractivity contribution < 1.29 is 28.2 Å². The van der Waals surface area contributed by atoms with Crippen LogP contribution in [0.1, 0.15) is 24.5 Å². The highest BCUT2D eigenvalue weighted by atomic mass is 28.4. The third kappa shape index (κ3) is 5.30. The molecule has 1 fully saturated rings. The van der Waals surface area contributed by atoms with Gasteiger partial charge in [-0.05, 0) is 79.7 Å². The Morgan fingerprint density at radius 2 is 1.47 bits per heavy atom. The lowest BCUT2D eigenvalue weighted by atomic mass is 9.82. The van der Waals surface area contributed by atoms with Crippen molar-refractivity contribution in [2.24, 2.45) is 5.92 Å². The predicted molar refractivity (Wildman–Crippen MR) is 178 cm³/mol. The van der Waals surface area contributed by atoms with E-state index in [9.17, 15) is 19.5 Å². The Morgan fingerprint density at radius 3 is 2.02 bits per heavy atom. The number of hydrogen-bond donors (Lipinski definition) is 1. The van der Waals surface area contributed by atoms with E-state index in [-0.39, 0.29) is 48.1 Å². The summed E-state index contributed by atoms with van der Waals surface area (Å²) >= 11 is 0. The molecule has 0 saturated carbocycles. The van der Waals surface area contributed by atoms with E-state index in [4.69, 9.17) is 14.2 Å². The van der Waals surface area contributed by atoms with Gasteiger partial charge in [0.05, 0.1) is 32.6 Å². The molecule has 1 N–H and O–H groups in total. The third-order valence-corrected chi connectivity index (χ3v) is 11.9. The van der Waals surface area contributed by atoms with Crippen LogP contribution in [0.4, 0.5) is 9.80 Å². The molecule has 0 bridgehead atoms. The summed E-state index contributed by atoms with van der Waals surface area (Å²) in [7, 11) is -0.523. The van der Waals surface area contributed by atoms with E-state index < -0.39 is 31.6 Å². The maximum atomic E-state index is 16.0. The zero-order valence-electron chi connectivity index (χ0n) is 27.0. The van der Waals surface area contributed by atoms with Gasteiger partial charge in [0.25, 0.3) is 17.0 Å². The van der Waals surface area contributed by atoms with Gasteiger partial charge in [0, 0.05) is 47.4 Å². The Hall–Kier alpha value is -4.52. The summed E-state index contributed by atoms with van der Waals surface area (Å²) in [4.78, 5) is 42.3. The number of anilines is 1. The standard InChI is InChI=1S/C35H38FN3O7Si/c1-22-31(47(4,5)36)28(16-19-40)46-35(22)26-20-25(38-18-7-9-30(45-3)33(38)42)14-15-27(26)39(34(35)43)21-23-10-12-24(13-11-23)37-17-6-8-29(44-2)32(37)41/h6-15,17-18,20,22,28,31,40H,16,19,21H2,1-5H3/t22-,28+,31-,35+/m0/s1. The molecule has 1 saturated heterocycles. The van der Waals surface area contributed by atoms with Gasteiger partial charge >= 0.3 is 0 Å². The molecule has 2 aliphatic heterocycles. The number of carbonyl (C=O) groups is 1. The Labute approximate surface area is 272 Å². The molecule has 47 heavy (non-hydrogen) atoms. The summed E-state index contributed by atoms with van der Waals surface area (Å²) in [6, 6.07) is 19.2. The molecular weight excluding hydrogens is 621 g/mol. The number of fused-ring (bicyclic) bond motifs is 2. The van der Waals surface area contributed by atoms with E-state index in [0.29, 0.717) is 22.6 Å². The second-order valence-corrected chi connectivity index (χ2v) is 16.3. The van der Waals surface area contributed by atoms with Crippen molar-refractivity contribution in [3.05, 3.63) is 111 Å². The van der Waals surface area contributed by atoms with Gasteiger partial charge in [0.15, 0.2) is 17.1 Å². The minimum absolute atomic E-state index is 0.166. The maximum absolute atomic E-state index is 16.0. The van der Waals surface area contributed by atoms with Gasteiger partial charge in [-0.1, -0.05) is 19.1 Å². The van der Waals surface area contributed by atoms with Gasteiger partial charge < -0.3 is 28.3 Å². The van der Waals surface area contributed by atoms with Crippen molar-refractivity contribution in [2.75, 3.05) is 25.7 Å². The molecule has 0 radical (unpaired) electrons. The largest absolute Gasteiger partial charge is 0.491 e. The van der Waals surface area contributed by atoms with Crippen LogP contribution in [0.15, 0.2) is 88.7 Å². The van der Waals surface area contributed by atoms with Crippen molar-refractivity contribution in [3.8, 4) is 22.9 Å². The first-order chi connectivity index (χ1) is 22.5. The number of benzene rings is 2. The van der Waals surface area contributed by atoms with Crippen molar-refractivity contribution >= 4 is 20.0 Å². The fourth-order valence-corrected chi connectivity index (χ4v) is 9.89. The van der Waals surface area contributed by atoms with Crippen LogP contribution in [0, 0.1) is 5.92 Å². The van der Waals surface area contributed by atoms with Gasteiger partial charge in [-0.25, -0.2) is 0 Å². The normalized spacial score (nSPS) is 22.1. The number of methoxy groups -OCH3 is 2. The second-order valence-electron chi connectivity index (χ2n) is 12.5. The number of halogens is 1. The van der Waals surface area contributed by atoms with Crippen LogP contribution in [0.5, 0.6) is 11.5 Å². The van der Waals surface area contributed by atoms with Crippen molar-refractivity contribution in [3.63, 3.8) is 0 Å². The monoisotopic (exact) mass is 659 g/mol. The van der Waals surface area contributed by atoms with Crippen LogP contribution in [0.2, 0.25) is 18.6 Å². The maximum Gasteiger partial charge on any atom is 0.297 e. The highest BCUT2D eigenvalue weighted by Crippen LogP contribution is 2.60. The van der Waals surface area contributed by atoms with Crippen LogP contribution in [0.25, 0.3) is 11.4 Å². The predicted octanol–water partition coefficient (Wildman–Crippen LogP) is 4.71. The first-order valence-corrected chi connectivity index (χ1v) is 18.5. The van der Waals surface area contributed by atoms with Gasteiger partial charge in [-0.3, -0.25) is 23.5 Å². The minimum Gasteiger partial charge on any atom is -0.491 e. The van der Waals surface area contributed by atoms with Crippen molar-refractivity contribution in [1.29, 1.82) is 0 Å². The van der Waals surface area contributed by atoms with Crippen molar-refractivity contribution in [1.82, 2.24) is 9.13 Å². The average molecular weight is 660 g/mol. The summed E-state index contributed by atoms with van der Waals surface area (Å²) in [6.07, 6.45) is 2.81. The molecule has 10 nitrogen and oxygen atoms in total.